The van der Waals surface area contributed by atoms with Gasteiger partial charge < -0.3 is 10.2 Å². The Bertz CT molecular complexity index is 1290. The van der Waals surface area contributed by atoms with Gasteiger partial charge in [0.05, 0.1) is 22.9 Å². The Morgan fingerprint density at radius 2 is 1.73 bits per heavy atom. The van der Waals surface area contributed by atoms with Crippen molar-refractivity contribution < 1.29 is 10.2 Å². The maximum absolute atomic E-state index is 10.8. The Morgan fingerprint density at radius 3 is 2.55 bits per heavy atom. The van der Waals surface area contributed by atoms with E-state index in [1.807, 2.05) is 91.0 Å². The summed E-state index contributed by atoms with van der Waals surface area (Å²) < 4.78 is 0. The van der Waals surface area contributed by atoms with E-state index in [0.29, 0.717) is 17.9 Å². The van der Waals surface area contributed by atoms with Gasteiger partial charge in [-0.05, 0) is 79.3 Å². The van der Waals surface area contributed by atoms with Crippen molar-refractivity contribution in [2.24, 2.45) is 0 Å². The molecule has 0 aliphatic carbocycles. The number of benzene rings is 3. The summed E-state index contributed by atoms with van der Waals surface area (Å²) in [6.07, 6.45) is 4.64. The third-order valence-corrected chi connectivity index (χ3v) is 6.02. The number of fused-ring (bicyclic) bond motifs is 1. The molecule has 1 heterocycles. The van der Waals surface area contributed by atoms with E-state index in [-0.39, 0.29) is 0 Å². The van der Waals surface area contributed by atoms with E-state index in [1.54, 1.807) is 13.8 Å². The molecule has 3 nitrogen and oxygen atoms in total. The van der Waals surface area contributed by atoms with Gasteiger partial charge in [0.2, 0.25) is 0 Å². The molecule has 0 spiro atoms. The molecule has 168 valence electrons. The summed E-state index contributed by atoms with van der Waals surface area (Å²) in [5.41, 5.74) is 4.63. The highest BCUT2D eigenvalue weighted by atomic mass is 35.5. The molecule has 0 fully saturated rings. The zero-order valence-corrected chi connectivity index (χ0v) is 19.6. The Kier molecular flexibility index (Phi) is 6.94. The van der Waals surface area contributed by atoms with Crippen molar-refractivity contribution in [2.75, 3.05) is 0 Å². The molecule has 0 amide bonds. The summed E-state index contributed by atoms with van der Waals surface area (Å²) in [4.78, 5) is 4.66. The minimum Gasteiger partial charge on any atom is -0.388 e. The van der Waals surface area contributed by atoms with E-state index >= 15 is 0 Å². The lowest BCUT2D eigenvalue weighted by Crippen LogP contribution is -2.18. The van der Waals surface area contributed by atoms with Crippen molar-refractivity contribution in [3.05, 3.63) is 112 Å². The lowest BCUT2D eigenvalue weighted by Gasteiger charge is -2.22. The zero-order chi connectivity index (χ0) is 23.4. The first-order chi connectivity index (χ1) is 15.8. The predicted molar refractivity (Wildman–Crippen MR) is 137 cm³/mol. The number of rotatable bonds is 7. The molecule has 1 atom stereocenters. The molecule has 0 unspecified atom stereocenters. The fourth-order valence-corrected chi connectivity index (χ4v) is 4.21. The molecule has 0 saturated carbocycles. The van der Waals surface area contributed by atoms with Crippen molar-refractivity contribution in [1.82, 2.24) is 4.98 Å². The van der Waals surface area contributed by atoms with E-state index in [2.05, 4.69) is 4.98 Å². The van der Waals surface area contributed by atoms with E-state index in [0.717, 1.165) is 38.9 Å². The summed E-state index contributed by atoms with van der Waals surface area (Å²) in [6, 6.07) is 25.5. The van der Waals surface area contributed by atoms with Crippen molar-refractivity contribution in [3.63, 3.8) is 0 Å². The van der Waals surface area contributed by atoms with Crippen LogP contribution in [-0.2, 0) is 12.0 Å². The van der Waals surface area contributed by atoms with Crippen LogP contribution >= 0.6 is 11.6 Å². The first-order valence-electron chi connectivity index (χ1n) is 11.1. The second-order valence-corrected chi connectivity index (χ2v) is 9.28. The molecule has 0 radical (unpaired) electrons. The fraction of sp³-hybridized carbons (Fsp3) is 0.207. The van der Waals surface area contributed by atoms with Gasteiger partial charge >= 0.3 is 0 Å². The summed E-state index contributed by atoms with van der Waals surface area (Å²) in [7, 11) is 0. The van der Waals surface area contributed by atoms with Crippen molar-refractivity contribution in [3.8, 4) is 0 Å². The second-order valence-electron chi connectivity index (χ2n) is 8.85. The van der Waals surface area contributed by atoms with Crippen LogP contribution in [0.3, 0.4) is 0 Å². The Hall–Kier alpha value is -2.98. The van der Waals surface area contributed by atoms with Gasteiger partial charge in [-0.25, -0.2) is 4.98 Å². The standard InChI is InChI=1S/C29H28ClNO2/c1-29(2,33)26-9-4-3-7-21(26)13-17-28(32)23-8-5-6-20(18-23)10-15-25-16-12-22-11-14-24(30)19-27(22)31-25/h3-12,14-16,18-19,28,32-33H,13,17H2,1-2H3/b15-10-/t28-/m1/s1. The lowest BCUT2D eigenvalue weighted by atomic mass is 9.90. The van der Waals surface area contributed by atoms with Gasteiger partial charge in [0.1, 0.15) is 0 Å². The maximum atomic E-state index is 10.8. The smallest absolute Gasteiger partial charge is 0.0843 e. The van der Waals surface area contributed by atoms with Gasteiger partial charge in [-0.3, -0.25) is 0 Å². The summed E-state index contributed by atoms with van der Waals surface area (Å²) in [6.45, 7) is 3.58. The van der Waals surface area contributed by atoms with Crippen molar-refractivity contribution >= 4 is 34.7 Å². The first kappa shape index (κ1) is 23.2. The normalized spacial score (nSPS) is 13.0. The van der Waals surface area contributed by atoms with Crippen molar-refractivity contribution in [2.45, 2.75) is 38.4 Å². The van der Waals surface area contributed by atoms with Crippen molar-refractivity contribution in [1.29, 1.82) is 0 Å². The van der Waals surface area contributed by atoms with E-state index in [9.17, 15) is 10.2 Å². The number of hydrogen-bond donors (Lipinski definition) is 2. The topological polar surface area (TPSA) is 53.4 Å². The van der Waals surface area contributed by atoms with Crippen LogP contribution in [0, 0.1) is 0 Å². The number of pyridine rings is 1. The second kappa shape index (κ2) is 9.88. The number of aliphatic hydroxyl groups excluding tert-OH is 1. The molecular weight excluding hydrogens is 430 g/mol. The molecule has 2 N–H and O–H groups in total. The molecule has 4 rings (SSSR count). The van der Waals surface area contributed by atoms with Gasteiger partial charge in [0.25, 0.3) is 0 Å². The number of aryl methyl sites for hydroxylation is 1. The monoisotopic (exact) mass is 457 g/mol. The van der Waals surface area contributed by atoms with Crippen LogP contribution in [0.5, 0.6) is 0 Å². The Labute approximate surface area is 200 Å². The predicted octanol–water partition coefficient (Wildman–Crippen LogP) is 6.95. The Morgan fingerprint density at radius 1 is 0.939 bits per heavy atom. The van der Waals surface area contributed by atoms with Crippen LogP contribution in [-0.4, -0.2) is 15.2 Å². The number of aliphatic hydroxyl groups is 2. The molecule has 0 bridgehead atoms. The average molecular weight is 458 g/mol. The van der Waals surface area contributed by atoms with Gasteiger partial charge in [0, 0.05) is 10.4 Å². The van der Waals surface area contributed by atoms with E-state index in [4.69, 9.17) is 11.6 Å². The molecule has 0 saturated heterocycles. The van der Waals surface area contributed by atoms with Crippen LogP contribution in [0.25, 0.3) is 23.1 Å². The first-order valence-corrected chi connectivity index (χ1v) is 11.5. The van der Waals surface area contributed by atoms with Gasteiger partial charge in [-0.1, -0.05) is 72.3 Å². The number of hydrogen-bond acceptors (Lipinski definition) is 3. The molecule has 33 heavy (non-hydrogen) atoms. The van der Waals surface area contributed by atoms with Gasteiger partial charge in [0.15, 0.2) is 0 Å². The van der Waals surface area contributed by atoms with Crippen LogP contribution < -0.4 is 0 Å². The molecule has 3 aromatic carbocycles. The maximum Gasteiger partial charge on any atom is 0.0843 e. The number of halogens is 1. The van der Waals surface area contributed by atoms with E-state index in [1.165, 1.54) is 0 Å². The summed E-state index contributed by atoms with van der Waals surface area (Å²) >= 11 is 6.09. The molecule has 1 aromatic heterocycles. The molecular formula is C29H28ClNO2. The van der Waals surface area contributed by atoms with Crippen LogP contribution in [0.1, 0.15) is 54.3 Å². The number of nitrogens with zero attached hydrogens (tertiary/aromatic N) is 1. The number of aromatic nitrogens is 1. The highest BCUT2D eigenvalue weighted by Gasteiger charge is 2.20. The quantitative estimate of drug-likeness (QED) is 0.315. The molecule has 4 heteroatoms. The van der Waals surface area contributed by atoms with Crippen LogP contribution in [0.2, 0.25) is 5.02 Å². The zero-order valence-electron chi connectivity index (χ0n) is 18.9. The van der Waals surface area contributed by atoms with Crippen LogP contribution in [0.4, 0.5) is 0 Å². The lowest BCUT2D eigenvalue weighted by molar-refractivity contribution is 0.0772. The minimum absolute atomic E-state index is 0.577. The molecule has 4 aromatic rings. The summed E-state index contributed by atoms with van der Waals surface area (Å²) in [5.74, 6) is 0. The average Bonchev–Trinajstić information content (AvgIpc) is 2.80. The molecule has 0 aliphatic heterocycles. The molecule has 0 aliphatic rings. The Balaban J connectivity index is 1.47. The SMILES string of the molecule is CC(C)(O)c1ccccc1CC[C@@H](O)c1cccc(/C=C\c2ccc3ccc(Cl)cc3n2)c1. The third kappa shape index (κ3) is 5.88. The van der Waals surface area contributed by atoms with Gasteiger partial charge in [-0.2, -0.15) is 0 Å². The van der Waals surface area contributed by atoms with E-state index < -0.39 is 11.7 Å². The summed E-state index contributed by atoms with van der Waals surface area (Å²) in [5, 5.41) is 23.0. The highest BCUT2D eigenvalue weighted by molar-refractivity contribution is 6.31. The third-order valence-electron chi connectivity index (χ3n) is 5.78. The fourth-order valence-electron chi connectivity index (χ4n) is 4.04. The van der Waals surface area contributed by atoms with Crippen LogP contribution in [0.15, 0.2) is 78.9 Å². The highest BCUT2D eigenvalue weighted by Crippen LogP contribution is 2.27. The minimum atomic E-state index is -0.908. The largest absolute Gasteiger partial charge is 0.388 e. The van der Waals surface area contributed by atoms with Gasteiger partial charge in [-0.15, -0.1) is 0 Å².